The van der Waals surface area contributed by atoms with Gasteiger partial charge < -0.3 is 30.2 Å². The second kappa shape index (κ2) is 10.4. The summed E-state index contributed by atoms with van der Waals surface area (Å²) in [7, 11) is 1.65. The molecule has 2 aromatic rings. The van der Waals surface area contributed by atoms with Crippen molar-refractivity contribution < 1.29 is 23.0 Å². The topological polar surface area (TPSA) is 76.1 Å². The van der Waals surface area contributed by atoms with Gasteiger partial charge in [-0.3, -0.25) is 4.99 Å². The molecule has 0 saturated heterocycles. The van der Waals surface area contributed by atoms with Crippen LogP contribution in [-0.4, -0.2) is 39.5 Å². The summed E-state index contributed by atoms with van der Waals surface area (Å²) in [5, 5.41) is 9.62. The summed E-state index contributed by atoms with van der Waals surface area (Å²) in [5.74, 6) is 1.49. The molecule has 0 saturated carbocycles. The average molecular weight is 406 g/mol. The number of rotatable bonds is 9. The van der Waals surface area contributed by atoms with Crippen molar-refractivity contribution in [2.24, 2.45) is 4.99 Å². The lowest BCUT2D eigenvalue weighted by atomic mass is 10.1. The molecule has 0 aliphatic carbocycles. The van der Waals surface area contributed by atoms with Crippen molar-refractivity contribution in [1.29, 1.82) is 0 Å². The predicted octanol–water partition coefficient (Wildman–Crippen LogP) is 3.18. The van der Waals surface area contributed by atoms with Crippen LogP contribution < -0.4 is 30.2 Å². The molecule has 7 nitrogen and oxygen atoms in total. The van der Waals surface area contributed by atoms with Gasteiger partial charge in [0.25, 0.3) is 0 Å². The fourth-order valence-corrected chi connectivity index (χ4v) is 2.79. The Bertz CT molecular complexity index is 819. The van der Waals surface area contributed by atoms with Crippen molar-refractivity contribution in [2.45, 2.75) is 19.6 Å². The van der Waals surface area contributed by atoms with E-state index in [0.717, 1.165) is 18.7 Å². The number of aliphatic imine (C=N–C) groups is 1. The zero-order valence-electron chi connectivity index (χ0n) is 16.1. The van der Waals surface area contributed by atoms with Crippen LogP contribution in [0.4, 0.5) is 14.5 Å². The van der Waals surface area contributed by atoms with Crippen molar-refractivity contribution >= 4 is 11.6 Å². The van der Waals surface area contributed by atoms with E-state index in [-0.39, 0.29) is 19.1 Å². The molecule has 3 N–H and O–H groups in total. The van der Waals surface area contributed by atoms with Crippen molar-refractivity contribution in [3.8, 4) is 17.2 Å². The molecule has 0 aromatic heterocycles. The quantitative estimate of drug-likeness (QED) is 0.337. The first-order valence-electron chi connectivity index (χ1n) is 9.26. The van der Waals surface area contributed by atoms with E-state index in [1.54, 1.807) is 13.1 Å². The Labute approximate surface area is 168 Å². The first-order valence-corrected chi connectivity index (χ1v) is 9.26. The fraction of sp³-hybridized carbons (Fsp3) is 0.350. The standard InChI is InChI=1S/C20H24F2N4O3/c1-23-20(25-9-5-8-24-15-6-3-2-4-7-15)26-12-14-10-17-18(28-13-27-17)11-16(14)29-19(21)22/h2-4,6-7,10-11,19,24H,5,8-9,12-13H2,1H3,(H2,23,25,26). The minimum absolute atomic E-state index is 0.0410. The van der Waals surface area contributed by atoms with E-state index in [2.05, 4.69) is 25.7 Å². The van der Waals surface area contributed by atoms with E-state index in [1.807, 2.05) is 30.3 Å². The number of guanidine groups is 1. The van der Waals surface area contributed by atoms with Crippen LogP contribution in [0, 0.1) is 0 Å². The third-order valence-corrected chi connectivity index (χ3v) is 4.19. The van der Waals surface area contributed by atoms with Gasteiger partial charge in [0.05, 0.1) is 0 Å². The monoisotopic (exact) mass is 406 g/mol. The van der Waals surface area contributed by atoms with Crippen LogP contribution >= 0.6 is 0 Å². The second-order valence-corrected chi connectivity index (χ2v) is 6.19. The molecule has 1 heterocycles. The number of nitrogens with one attached hydrogen (secondary N) is 3. The SMILES string of the molecule is CN=C(NCCCNc1ccccc1)NCc1cc2c(cc1OC(F)F)OCO2. The number of hydrogen-bond acceptors (Lipinski definition) is 5. The molecule has 9 heteroatoms. The summed E-state index contributed by atoms with van der Waals surface area (Å²) in [6.07, 6.45) is 0.874. The fourth-order valence-electron chi connectivity index (χ4n) is 2.79. The van der Waals surface area contributed by atoms with Gasteiger partial charge in [-0.25, -0.2) is 0 Å². The summed E-state index contributed by atoms with van der Waals surface area (Å²) < 4.78 is 40.6. The molecular formula is C20H24F2N4O3. The van der Waals surface area contributed by atoms with Crippen LogP contribution in [0.25, 0.3) is 0 Å². The normalized spacial score (nSPS) is 12.8. The van der Waals surface area contributed by atoms with Crippen LogP contribution in [0.15, 0.2) is 47.5 Å². The van der Waals surface area contributed by atoms with Gasteiger partial charge in [-0.2, -0.15) is 8.78 Å². The molecule has 3 rings (SSSR count). The average Bonchev–Trinajstić information content (AvgIpc) is 3.17. The third-order valence-electron chi connectivity index (χ3n) is 4.19. The van der Waals surface area contributed by atoms with E-state index in [0.29, 0.717) is 29.6 Å². The van der Waals surface area contributed by atoms with Crippen molar-refractivity contribution in [3.05, 3.63) is 48.0 Å². The highest BCUT2D eigenvalue weighted by atomic mass is 19.3. The van der Waals surface area contributed by atoms with Gasteiger partial charge in [-0.05, 0) is 24.6 Å². The first kappa shape index (κ1) is 20.5. The van der Waals surface area contributed by atoms with E-state index in [4.69, 9.17) is 9.47 Å². The molecule has 1 aliphatic heterocycles. The Morgan fingerprint density at radius 1 is 1.10 bits per heavy atom. The molecule has 0 atom stereocenters. The van der Waals surface area contributed by atoms with Crippen molar-refractivity contribution in [2.75, 3.05) is 32.2 Å². The third kappa shape index (κ3) is 6.13. The van der Waals surface area contributed by atoms with E-state index in [1.165, 1.54) is 6.07 Å². The Morgan fingerprint density at radius 3 is 2.59 bits per heavy atom. The Kier molecular flexibility index (Phi) is 7.32. The number of alkyl halides is 2. The number of anilines is 1. The lowest BCUT2D eigenvalue weighted by Crippen LogP contribution is -2.37. The highest BCUT2D eigenvalue weighted by Gasteiger charge is 2.20. The summed E-state index contributed by atoms with van der Waals surface area (Å²) in [6, 6.07) is 13.0. The van der Waals surface area contributed by atoms with Gasteiger partial charge in [0.2, 0.25) is 6.79 Å². The zero-order chi connectivity index (χ0) is 20.5. The first-order chi connectivity index (χ1) is 14.2. The van der Waals surface area contributed by atoms with Crippen LogP contribution in [0.5, 0.6) is 17.2 Å². The highest BCUT2D eigenvalue weighted by molar-refractivity contribution is 5.79. The number of ether oxygens (including phenoxy) is 3. The molecule has 0 amide bonds. The number of benzene rings is 2. The van der Waals surface area contributed by atoms with Crippen LogP contribution in [0.1, 0.15) is 12.0 Å². The van der Waals surface area contributed by atoms with Gasteiger partial charge in [0, 0.05) is 44.0 Å². The van der Waals surface area contributed by atoms with Crippen LogP contribution in [0.2, 0.25) is 0 Å². The molecule has 0 spiro atoms. The molecule has 156 valence electrons. The van der Waals surface area contributed by atoms with Crippen molar-refractivity contribution in [3.63, 3.8) is 0 Å². The largest absolute Gasteiger partial charge is 0.454 e. The molecule has 0 radical (unpaired) electrons. The van der Waals surface area contributed by atoms with Crippen molar-refractivity contribution in [1.82, 2.24) is 10.6 Å². The van der Waals surface area contributed by atoms with Gasteiger partial charge in [-0.1, -0.05) is 18.2 Å². The Hall–Kier alpha value is -3.23. The molecule has 0 fully saturated rings. The minimum Gasteiger partial charge on any atom is -0.454 e. The van der Waals surface area contributed by atoms with E-state index < -0.39 is 6.61 Å². The summed E-state index contributed by atoms with van der Waals surface area (Å²) in [4.78, 5) is 4.15. The maximum atomic E-state index is 12.7. The molecule has 2 aromatic carbocycles. The van der Waals surface area contributed by atoms with Gasteiger partial charge in [-0.15, -0.1) is 0 Å². The Balaban J connectivity index is 1.47. The van der Waals surface area contributed by atoms with Gasteiger partial charge in [0.15, 0.2) is 17.5 Å². The minimum atomic E-state index is -2.93. The lowest BCUT2D eigenvalue weighted by molar-refractivity contribution is -0.0505. The summed E-state index contributed by atoms with van der Waals surface area (Å²) in [6.45, 7) is -1.13. The van der Waals surface area contributed by atoms with Crippen LogP contribution in [-0.2, 0) is 6.54 Å². The molecule has 0 unspecified atom stereocenters. The van der Waals surface area contributed by atoms with Crippen LogP contribution in [0.3, 0.4) is 0 Å². The maximum Gasteiger partial charge on any atom is 0.387 e. The second-order valence-electron chi connectivity index (χ2n) is 6.19. The lowest BCUT2D eigenvalue weighted by Gasteiger charge is -2.15. The number of para-hydroxylation sites is 1. The van der Waals surface area contributed by atoms with Gasteiger partial charge >= 0.3 is 6.61 Å². The molecular weight excluding hydrogens is 382 g/mol. The van der Waals surface area contributed by atoms with E-state index in [9.17, 15) is 8.78 Å². The smallest absolute Gasteiger partial charge is 0.387 e. The molecule has 1 aliphatic rings. The number of fused-ring (bicyclic) bond motifs is 1. The highest BCUT2D eigenvalue weighted by Crippen LogP contribution is 2.38. The van der Waals surface area contributed by atoms with Gasteiger partial charge in [0.1, 0.15) is 5.75 Å². The molecule has 0 bridgehead atoms. The summed E-state index contributed by atoms with van der Waals surface area (Å²) >= 11 is 0. The number of hydrogen-bond donors (Lipinski definition) is 3. The predicted molar refractivity (Wildman–Crippen MR) is 107 cm³/mol. The number of halogens is 2. The van der Waals surface area contributed by atoms with E-state index >= 15 is 0 Å². The Morgan fingerprint density at radius 2 is 1.86 bits per heavy atom. The number of nitrogens with zero attached hydrogens (tertiary/aromatic N) is 1. The maximum absolute atomic E-state index is 12.7. The molecule has 29 heavy (non-hydrogen) atoms. The summed E-state index contributed by atoms with van der Waals surface area (Å²) in [5.41, 5.74) is 1.59. The zero-order valence-corrected chi connectivity index (χ0v) is 16.1.